The van der Waals surface area contributed by atoms with Crippen LogP contribution in [0.1, 0.15) is 27.9 Å². The molecule has 0 saturated carbocycles. The van der Waals surface area contributed by atoms with Crippen molar-refractivity contribution < 1.29 is 18.7 Å². The summed E-state index contributed by atoms with van der Waals surface area (Å²) in [6.07, 6.45) is 0.00700. The summed E-state index contributed by atoms with van der Waals surface area (Å²) in [6, 6.07) is 14.8. The molecular weight excluding hydrogens is 433 g/mol. The van der Waals surface area contributed by atoms with Crippen molar-refractivity contribution in [2.45, 2.75) is 26.8 Å². The zero-order valence-corrected chi connectivity index (χ0v) is 18.4. The van der Waals surface area contributed by atoms with Gasteiger partial charge in [0.15, 0.2) is 6.61 Å². The molecule has 0 radical (unpaired) electrons. The van der Waals surface area contributed by atoms with Gasteiger partial charge in [0, 0.05) is 17.3 Å². The Kier molecular flexibility index (Phi) is 7.29. The van der Waals surface area contributed by atoms with E-state index >= 15 is 0 Å². The molecule has 3 aromatic rings. The Hall–Kier alpha value is -3.63. The minimum atomic E-state index is -0.566. The smallest absolute Gasteiger partial charge is 0.310 e. The molecule has 0 bridgehead atoms. The Labute approximate surface area is 190 Å². The SMILES string of the molecule is Cc1c(C#N)c(NC(=O)COC(=O)Cc2ccc(Cl)cc2)n(Cc2ccc(F)cc2)c1C. The third kappa shape index (κ3) is 5.54. The van der Waals surface area contributed by atoms with Crippen LogP contribution in [0.25, 0.3) is 0 Å². The number of esters is 1. The molecule has 0 unspecified atom stereocenters. The van der Waals surface area contributed by atoms with E-state index in [2.05, 4.69) is 11.4 Å². The Morgan fingerprint density at radius 3 is 2.34 bits per heavy atom. The molecule has 164 valence electrons. The van der Waals surface area contributed by atoms with Crippen molar-refractivity contribution in [2.24, 2.45) is 0 Å². The monoisotopic (exact) mass is 453 g/mol. The zero-order chi connectivity index (χ0) is 23.3. The summed E-state index contributed by atoms with van der Waals surface area (Å²) >= 11 is 5.83. The lowest BCUT2D eigenvalue weighted by atomic mass is 10.1. The third-order valence-electron chi connectivity index (χ3n) is 5.08. The standard InChI is InChI=1S/C24H21ClFN3O3/c1-15-16(2)29(13-18-5-9-20(26)10-6-18)24(21(15)12-27)28-22(30)14-32-23(31)11-17-3-7-19(25)8-4-17/h3-10H,11,13-14H2,1-2H3,(H,28,30). The van der Waals surface area contributed by atoms with Crippen LogP contribution in [0, 0.1) is 31.0 Å². The van der Waals surface area contributed by atoms with Crippen LogP contribution in [-0.4, -0.2) is 23.1 Å². The van der Waals surface area contributed by atoms with Crippen LogP contribution in [0.3, 0.4) is 0 Å². The highest BCUT2D eigenvalue weighted by molar-refractivity contribution is 6.30. The molecule has 0 aliphatic rings. The Morgan fingerprint density at radius 2 is 1.72 bits per heavy atom. The summed E-state index contributed by atoms with van der Waals surface area (Å²) in [6.45, 7) is 3.47. The van der Waals surface area contributed by atoms with E-state index in [1.165, 1.54) is 12.1 Å². The minimum absolute atomic E-state index is 0.00700. The van der Waals surface area contributed by atoms with Gasteiger partial charge in [0.2, 0.25) is 0 Å². The van der Waals surface area contributed by atoms with Crippen LogP contribution in [0.4, 0.5) is 10.2 Å². The molecule has 1 aromatic heterocycles. The van der Waals surface area contributed by atoms with Crippen molar-refractivity contribution >= 4 is 29.3 Å². The molecule has 0 atom stereocenters. The van der Waals surface area contributed by atoms with Crippen molar-refractivity contribution in [1.82, 2.24) is 4.57 Å². The van der Waals surface area contributed by atoms with Gasteiger partial charge in [0.1, 0.15) is 17.7 Å². The second kappa shape index (κ2) is 10.1. The molecule has 2 aromatic carbocycles. The highest BCUT2D eigenvalue weighted by atomic mass is 35.5. The fraction of sp³-hybridized carbons (Fsp3) is 0.208. The van der Waals surface area contributed by atoms with E-state index in [1.54, 1.807) is 47.9 Å². The summed E-state index contributed by atoms with van der Waals surface area (Å²) in [5.41, 5.74) is 3.36. The summed E-state index contributed by atoms with van der Waals surface area (Å²) in [4.78, 5) is 24.5. The molecule has 1 N–H and O–H groups in total. The number of ether oxygens (including phenoxy) is 1. The van der Waals surface area contributed by atoms with Gasteiger partial charge in [0.25, 0.3) is 5.91 Å². The zero-order valence-electron chi connectivity index (χ0n) is 17.6. The lowest BCUT2D eigenvalue weighted by Gasteiger charge is -2.13. The number of nitrogens with zero attached hydrogens (tertiary/aromatic N) is 2. The van der Waals surface area contributed by atoms with E-state index in [0.29, 0.717) is 28.5 Å². The average molecular weight is 454 g/mol. The molecular formula is C24H21ClFN3O3. The fourth-order valence-corrected chi connectivity index (χ4v) is 3.36. The van der Waals surface area contributed by atoms with E-state index in [4.69, 9.17) is 16.3 Å². The maximum atomic E-state index is 13.2. The van der Waals surface area contributed by atoms with Crippen LogP contribution in [0.2, 0.25) is 5.02 Å². The van der Waals surface area contributed by atoms with E-state index in [1.807, 2.05) is 6.92 Å². The molecule has 3 rings (SSSR count). The van der Waals surface area contributed by atoms with E-state index in [0.717, 1.165) is 16.8 Å². The molecule has 0 saturated heterocycles. The van der Waals surface area contributed by atoms with Gasteiger partial charge in [-0.05, 0) is 54.8 Å². The third-order valence-corrected chi connectivity index (χ3v) is 5.33. The molecule has 0 spiro atoms. The van der Waals surface area contributed by atoms with Gasteiger partial charge in [-0.1, -0.05) is 35.9 Å². The van der Waals surface area contributed by atoms with Crippen LogP contribution in [0.15, 0.2) is 48.5 Å². The number of hydrogen-bond donors (Lipinski definition) is 1. The summed E-state index contributed by atoms with van der Waals surface area (Å²) < 4.78 is 20.1. The summed E-state index contributed by atoms with van der Waals surface area (Å²) in [5.74, 6) is -1.16. The fourth-order valence-electron chi connectivity index (χ4n) is 3.23. The van der Waals surface area contributed by atoms with Gasteiger partial charge in [-0.25, -0.2) is 4.39 Å². The lowest BCUT2D eigenvalue weighted by Crippen LogP contribution is -2.23. The number of halogens is 2. The summed E-state index contributed by atoms with van der Waals surface area (Å²) in [5, 5.41) is 12.8. The second-order valence-corrected chi connectivity index (χ2v) is 7.71. The number of nitrogens with one attached hydrogen (secondary N) is 1. The molecule has 8 heteroatoms. The first-order valence-corrected chi connectivity index (χ1v) is 10.2. The number of nitriles is 1. The van der Waals surface area contributed by atoms with E-state index in [9.17, 15) is 19.2 Å². The van der Waals surface area contributed by atoms with Crippen molar-refractivity contribution in [2.75, 3.05) is 11.9 Å². The number of rotatable bonds is 7. The highest BCUT2D eigenvalue weighted by Gasteiger charge is 2.20. The van der Waals surface area contributed by atoms with Gasteiger partial charge in [-0.15, -0.1) is 0 Å². The van der Waals surface area contributed by atoms with Gasteiger partial charge in [-0.3, -0.25) is 9.59 Å². The number of carbonyl (C=O) groups excluding carboxylic acids is 2. The lowest BCUT2D eigenvalue weighted by molar-refractivity contribution is -0.146. The Morgan fingerprint density at radius 1 is 1.09 bits per heavy atom. The van der Waals surface area contributed by atoms with Gasteiger partial charge < -0.3 is 14.6 Å². The molecule has 1 heterocycles. The van der Waals surface area contributed by atoms with Gasteiger partial charge >= 0.3 is 5.97 Å². The first kappa shape index (κ1) is 23.0. The Bertz CT molecular complexity index is 1180. The van der Waals surface area contributed by atoms with E-state index in [-0.39, 0.29) is 12.2 Å². The summed E-state index contributed by atoms with van der Waals surface area (Å²) in [7, 11) is 0. The van der Waals surface area contributed by atoms with Gasteiger partial charge in [-0.2, -0.15) is 5.26 Å². The molecule has 32 heavy (non-hydrogen) atoms. The first-order chi connectivity index (χ1) is 15.3. The first-order valence-electron chi connectivity index (χ1n) is 9.82. The quantitative estimate of drug-likeness (QED) is 0.532. The second-order valence-electron chi connectivity index (χ2n) is 7.27. The molecule has 0 aliphatic heterocycles. The Balaban J connectivity index is 1.69. The highest BCUT2D eigenvalue weighted by Crippen LogP contribution is 2.27. The maximum Gasteiger partial charge on any atom is 0.310 e. The number of aromatic nitrogens is 1. The largest absolute Gasteiger partial charge is 0.455 e. The maximum absolute atomic E-state index is 13.2. The number of amides is 1. The van der Waals surface area contributed by atoms with Crippen LogP contribution >= 0.6 is 11.6 Å². The normalized spacial score (nSPS) is 10.5. The van der Waals surface area contributed by atoms with Crippen LogP contribution in [0.5, 0.6) is 0 Å². The van der Waals surface area contributed by atoms with Crippen LogP contribution in [-0.2, 0) is 27.3 Å². The van der Waals surface area contributed by atoms with E-state index < -0.39 is 18.5 Å². The number of carbonyl (C=O) groups is 2. The number of benzene rings is 2. The number of anilines is 1. The molecule has 0 fully saturated rings. The van der Waals surface area contributed by atoms with Crippen molar-refractivity contribution in [3.05, 3.63) is 87.3 Å². The number of hydrogen-bond acceptors (Lipinski definition) is 4. The topological polar surface area (TPSA) is 84.1 Å². The molecule has 6 nitrogen and oxygen atoms in total. The molecule has 1 amide bonds. The predicted molar refractivity (Wildman–Crippen MR) is 119 cm³/mol. The van der Waals surface area contributed by atoms with Crippen molar-refractivity contribution in [3.63, 3.8) is 0 Å². The van der Waals surface area contributed by atoms with Crippen molar-refractivity contribution in [3.8, 4) is 6.07 Å². The predicted octanol–water partition coefficient (Wildman–Crippen LogP) is 4.54. The van der Waals surface area contributed by atoms with Crippen LogP contribution < -0.4 is 5.32 Å². The van der Waals surface area contributed by atoms with Crippen molar-refractivity contribution in [1.29, 1.82) is 5.26 Å². The van der Waals surface area contributed by atoms with Gasteiger partial charge in [0.05, 0.1) is 12.0 Å². The minimum Gasteiger partial charge on any atom is -0.455 e. The molecule has 0 aliphatic carbocycles. The average Bonchev–Trinajstić information content (AvgIpc) is 2.99.